The van der Waals surface area contributed by atoms with E-state index in [1.807, 2.05) is 6.92 Å². The molecule has 1 aromatic rings. The number of piperidine rings is 1. The number of nitrogens with zero attached hydrogens (tertiary/aromatic N) is 1. The molecular formula is C16H19BrFNO3. The van der Waals surface area contributed by atoms with Crippen LogP contribution in [0.25, 0.3) is 0 Å². The molecule has 1 unspecified atom stereocenters. The first kappa shape index (κ1) is 16.9. The third-order valence-electron chi connectivity index (χ3n) is 4.07. The molecule has 4 nitrogen and oxygen atoms in total. The highest BCUT2D eigenvalue weighted by atomic mass is 79.9. The van der Waals surface area contributed by atoms with Crippen LogP contribution in [0, 0.1) is 18.7 Å². The molecule has 1 fully saturated rings. The number of carboxylic acid groups (broad SMARTS) is 1. The Balaban J connectivity index is 2.12. The van der Waals surface area contributed by atoms with Crippen LogP contribution < -0.4 is 0 Å². The number of likely N-dealkylation sites (tertiary alicyclic amines) is 1. The number of aliphatic carboxylic acids is 1. The molecule has 1 atom stereocenters. The van der Waals surface area contributed by atoms with Crippen molar-refractivity contribution in [3.8, 4) is 0 Å². The van der Waals surface area contributed by atoms with Crippen molar-refractivity contribution in [2.75, 3.05) is 13.1 Å². The third-order valence-corrected chi connectivity index (χ3v) is 5.09. The lowest BCUT2D eigenvalue weighted by molar-refractivity contribution is -0.137. The van der Waals surface area contributed by atoms with Gasteiger partial charge in [-0.1, -0.05) is 6.07 Å². The van der Waals surface area contributed by atoms with Gasteiger partial charge >= 0.3 is 5.97 Å². The van der Waals surface area contributed by atoms with E-state index in [1.54, 1.807) is 11.0 Å². The fourth-order valence-electron chi connectivity index (χ4n) is 2.82. The molecule has 6 heteroatoms. The molecule has 0 spiro atoms. The molecule has 0 aromatic heterocycles. The van der Waals surface area contributed by atoms with E-state index in [-0.39, 0.29) is 23.8 Å². The number of carbonyl (C=O) groups is 2. The summed E-state index contributed by atoms with van der Waals surface area (Å²) >= 11 is 3.30. The quantitative estimate of drug-likeness (QED) is 0.879. The van der Waals surface area contributed by atoms with Crippen LogP contribution in [0.15, 0.2) is 16.6 Å². The van der Waals surface area contributed by atoms with E-state index in [9.17, 15) is 14.0 Å². The summed E-state index contributed by atoms with van der Waals surface area (Å²) in [4.78, 5) is 24.9. The van der Waals surface area contributed by atoms with Crippen LogP contribution >= 0.6 is 15.9 Å². The minimum Gasteiger partial charge on any atom is -0.481 e. The zero-order valence-corrected chi connectivity index (χ0v) is 14.0. The highest BCUT2D eigenvalue weighted by molar-refractivity contribution is 9.10. The van der Waals surface area contributed by atoms with Gasteiger partial charge in [0.25, 0.3) is 5.91 Å². The van der Waals surface area contributed by atoms with Gasteiger partial charge in [-0.3, -0.25) is 9.59 Å². The van der Waals surface area contributed by atoms with Gasteiger partial charge in [0.05, 0.1) is 5.56 Å². The normalized spacial score (nSPS) is 18.3. The molecule has 1 aliphatic rings. The van der Waals surface area contributed by atoms with Crippen LogP contribution in [-0.4, -0.2) is 35.0 Å². The predicted octanol–water partition coefficient (Wildman–Crippen LogP) is 3.61. The highest BCUT2D eigenvalue weighted by Gasteiger charge is 2.28. The van der Waals surface area contributed by atoms with E-state index >= 15 is 0 Å². The molecule has 0 radical (unpaired) electrons. The van der Waals surface area contributed by atoms with Crippen molar-refractivity contribution in [2.45, 2.75) is 32.6 Å². The number of carbonyl (C=O) groups excluding carboxylic acids is 1. The second kappa shape index (κ2) is 7.22. The summed E-state index contributed by atoms with van der Waals surface area (Å²) in [5.41, 5.74) is 0.878. The van der Waals surface area contributed by atoms with E-state index in [0.29, 0.717) is 24.0 Å². The maximum absolute atomic E-state index is 14.0. The highest BCUT2D eigenvalue weighted by Crippen LogP contribution is 2.28. The smallest absolute Gasteiger partial charge is 0.303 e. The molecular weight excluding hydrogens is 353 g/mol. The lowest BCUT2D eigenvalue weighted by Gasteiger charge is -2.33. The van der Waals surface area contributed by atoms with Gasteiger partial charge in [-0.15, -0.1) is 0 Å². The first-order valence-electron chi connectivity index (χ1n) is 7.35. The number of halogens is 2. The van der Waals surface area contributed by atoms with Crippen molar-refractivity contribution in [3.63, 3.8) is 0 Å². The Hall–Kier alpha value is -1.43. The van der Waals surface area contributed by atoms with Gasteiger partial charge in [-0.2, -0.15) is 0 Å². The first-order chi connectivity index (χ1) is 10.4. The number of carboxylic acids is 1. The van der Waals surface area contributed by atoms with Crippen molar-refractivity contribution in [1.29, 1.82) is 0 Å². The Morgan fingerprint density at radius 2 is 2.18 bits per heavy atom. The molecule has 22 heavy (non-hydrogen) atoms. The van der Waals surface area contributed by atoms with Crippen LogP contribution in [-0.2, 0) is 4.79 Å². The SMILES string of the molecule is Cc1ccc(F)c(C(=O)N2CCCC(CCC(=O)O)C2)c1Br. The summed E-state index contributed by atoms with van der Waals surface area (Å²) < 4.78 is 14.5. The first-order valence-corrected chi connectivity index (χ1v) is 8.15. The fourth-order valence-corrected chi connectivity index (χ4v) is 3.31. The van der Waals surface area contributed by atoms with E-state index in [1.165, 1.54) is 6.07 Å². The minimum absolute atomic E-state index is 0.0684. The number of benzene rings is 1. The topological polar surface area (TPSA) is 57.6 Å². The molecule has 1 heterocycles. The van der Waals surface area contributed by atoms with Gasteiger partial charge in [-0.05, 0) is 59.7 Å². The second-order valence-corrected chi connectivity index (χ2v) is 6.54. The monoisotopic (exact) mass is 371 g/mol. The minimum atomic E-state index is -0.823. The van der Waals surface area contributed by atoms with E-state index in [2.05, 4.69) is 15.9 Å². The van der Waals surface area contributed by atoms with Gasteiger partial charge in [0, 0.05) is 24.0 Å². The number of amides is 1. The maximum Gasteiger partial charge on any atom is 0.303 e. The van der Waals surface area contributed by atoms with Crippen molar-refractivity contribution in [3.05, 3.63) is 33.5 Å². The third kappa shape index (κ3) is 3.85. The summed E-state index contributed by atoms with van der Waals surface area (Å²) in [7, 11) is 0. The standard InChI is InChI=1S/C16H19BrFNO3/c1-10-4-6-12(18)14(15(10)17)16(22)19-8-2-3-11(9-19)5-7-13(20)21/h4,6,11H,2-3,5,7-9H2,1H3,(H,20,21). The predicted molar refractivity (Wildman–Crippen MR) is 84.3 cm³/mol. The zero-order chi connectivity index (χ0) is 16.3. The Bertz CT molecular complexity index is 591. The van der Waals surface area contributed by atoms with Crippen molar-refractivity contribution in [1.82, 2.24) is 4.90 Å². The molecule has 1 saturated heterocycles. The van der Waals surface area contributed by atoms with Crippen LogP contribution in [0.5, 0.6) is 0 Å². The van der Waals surface area contributed by atoms with Gasteiger partial charge in [0.1, 0.15) is 5.82 Å². The summed E-state index contributed by atoms with van der Waals surface area (Å²) in [5, 5.41) is 8.76. The molecule has 1 aliphatic heterocycles. The zero-order valence-electron chi connectivity index (χ0n) is 12.4. The molecule has 1 aromatic carbocycles. The van der Waals surface area contributed by atoms with Gasteiger partial charge in [0.15, 0.2) is 0 Å². The average molecular weight is 372 g/mol. The largest absolute Gasteiger partial charge is 0.481 e. The Morgan fingerprint density at radius 3 is 2.86 bits per heavy atom. The van der Waals surface area contributed by atoms with Crippen LogP contribution in [0.2, 0.25) is 0 Å². The second-order valence-electron chi connectivity index (χ2n) is 5.75. The van der Waals surface area contributed by atoms with Gasteiger partial charge in [-0.25, -0.2) is 4.39 Å². The Kier molecular flexibility index (Phi) is 5.56. The lowest BCUT2D eigenvalue weighted by Crippen LogP contribution is -2.40. The molecule has 1 N–H and O–H groups in total. The molecule has 0 aliphatic carbocycles. The summed E-state index contributed by atoms with van der Waals surface area (Å²) in [5.74, 6) is -1.51. The number of hydrogen-bond donors (Lipinski definition) is 1. The van der Waals surface area contributed by atoms with Crippen molar-refractivity contribution < 1.29 is 19.1 Å². The molecule has 120 valence electrons. The van der Waals surface area contributed by atoms with Crippen molar-refractivity contribution >= 4 is 27.8 Å². The van der Waals surface area contributed by atoms with Gasteiger partial charge in [0.2, 0.25) is 0 Å². The Morgan fingerprint density at radius 1 is 1.45 bits per heavy atom. The number of rotatable bonds is 4. The lowest BCUT2D eigenvalue weighted by atomic mass is 9.93. The summed E-state index contributed by atoms with van der Waals surface area (Å²) in [6, 6.07) is 2.93. The Labute approximate surface area is 137 Å². The van der Waals surface area contributed by atoms with Crippen LogP contribution in [0.1, 0.15) is 41.6 Å². The summed E-state index contributed by atoms with van der Waals surface area (Å²) in [6.45, 7) is 2.89. The molecule has 2 rings (SSSR count). The molecule has 0 bridgehead atoms. The molecule has 1 amide bonds. The average Bonchev–Trinajstić information content (AvgIpc) is 2.49. The van der Waals surface area contributed by atoms with Crippen LogP contribution in [0.3, 0.4) is 0 Å². The van der Waals surface area contributed by atoms with Crippen LogP contribution in [0.4, 0.5) is 4.39 Å². The van der Waals surface area contributed by atoms with Crippen molar-refractivity contribution in [2.24, 2.45) is 5.92 Å². The molecule has 0 saturated carbocycles. The van der Waals surface area contributed by atoms with Gasteiger partial charge < -0.3 is 10.0 Å². The number of aryl methyl sites for hydroxylation is 1. The maximum atomic E-state index is 14.0. The van der Waals surface area contributed by atoms with E-state index < -0.39 is 11.8 Å². The van der Waals surface area contributed by atoms with E-state index in [4.69, 9.17) is 5.11 Å². The fraction of sp³-hybridized carbons (Fsp3) is 0.500. The van der Waals surface area contributed by atoms with E-state index in [0.717, 1.165) is 18.4 Å². The summed E-state index contributed by atoms with van der Waals surface area (Å²) in [6.07, 6.45) is 2.39. The number of hydrogen-bond acceptors (Lipinski definition) is 2.